The zero-order chi connectivity index (χ0) is 16.4. The lowest BCUT2D eigenvalue weighted by Crippen LogP contribution is -2.40. The van der Waals surface area contributed by atoms with E-state index in [4.69, 9.17) is 0 Å². The summed E-state index contributed by atoms with van der Waals surface area (Å²) < 4.78 is 2.29. The predicted octanol–water partition coefficient (Wildman–Crippen LogP) is 2.06. The number of carbonyl (C=O) groups is 1. The van der Waals surface area contributed by atoms with Gasteiger partial charge in [0.25, 0.3) is 0 Å². The maximum absolute atomic E-state index is 12.9. The zero-order valence-electron chi connectivity index (χ0n) is 14.5. The Kier molecular flexibility index (Phi) is 4.83. The van der Waals surface area contributed by atoms with Gasteiger partial charge < -0.3 is 14.8 Å². The summed E-state index contributed by atoms with van der Waals surface area (Å²) >= 11 is 0. The van der Waals surface area contributed by atoms with Crippen molar-refractivity contribution in [2.75, 3.05) is 19.6 Å². The van der Waals surface area contributed by atoms with Gasteiger partial charge in [0.05, 0.1) is 6.04 Å². The first-order valence-corrected chi connectivity index (χ1v) is 9.75. The standard InChI is InChI=1S/C18H29N5O/c24-17(8-7-14-9-10-19-13-14)22-11-3-1-5-15(22)18-21-20-16-6-2-4-12-23(16)18/h14-15,19H,1-13H2. The molecule has 3 aliphatic heterocycles. The summed E-state index contributed by atoms with van der Waals surface area (Å²) in [5.74, 6) is 3.16. The maximum Gasteiger partial charge on any atom is 0.223 e. The van der Waals surface area contributed by atoms with E-state index in [0.717, 1.165) is 63.5 Å². The van der Waals surface area contributed by atoms with Crippen LogP contribution in [-0.2, 0) is 17.8 Å². The molecule has 3 aliphatic rings. The minimum Gasteiger partial charge on any atom is -0.332 e. The molecule has 1 N–H and O–H groups in total. The van der Waals surface area contributed by atoms with Gasteiger partial charge in [-0.15, -0.1) is 10.2 Å². The number of amides is 1. The van der Waals surface area contributed by atoms with E-state index in [2.05, 4.69) is 25.0 Å². The van der Waals surface area contributed by atoms with E-state index in [1.54, 1.807) is 0 Å². The van der Waals surface area contributed by atoms with Crippen LogP contribution in [0.3, 0.4) is 0 Å². The third kappa shape index (κ3) is 3.21. The lowest BCUT2D eigenvalue weighted by molar-refractivity contribution is -0.135. The summed E-state index contributed by atoms with van der Waals surface area (Å²) in [6, 6.07) is 0.146. The highest BCUT2D eigenvalue weighted by molar-refractivity contribution is 5.76. The topological polar surface area (TPSA) is 63.1 Å². The van der Waals surface area contributed by atoms with Crippen molar-refractivity contribution in [3.05, 3.63) is 11.6 Å². The molecule has 132 valence electrons. The number of aryl methyl sites for hydroxylation is 1. The molecule has 6 nitrogen and oxygen atoms in total. The van der Waals surface area contributed by atoms with E-state index < -0.39 is 0 Å². The number of rotatable bonds is 4. The summed E-state index contributed by atoms with van der Waals surface area (Å²) in [5.41, 5.74) is 0. The summed E-state index contributed by atoms with van der Waals surface area (Å²) in [5, 5.41) is 12.3. The SMILES string of the molecule is O=C(CCC1CCNC1)N1CCCCC1c1nnc2n1CCCC2. The summed E-state index contributed by atoms with van der Waals surface area (Å²) in [6.45, 7) is 4.09. The highest BCUT2D eigenvalue weighted by atomic mass is 16.2. The van der Waals surface area contributed by atoms with Crippen molar-refractivity contribution in [3.8, 4) is 0 Å². The Morgan fingerprint density at radius 3 is 2.92 bits per heavy atom. The number of likely N-dealkylation sites (tertiary alicyclic amines) is 1. The molecular weight excluding hydrogens is 302 g/mol. The monoisotopic (exact) mass is 331 g/mol. The molecule has 0 aliphatic carbocycles. The Hall–Kier alpha value is -1.43. The molecule has 2 atom stereocenters. The molecule has 0 bridgehead atoms. The third-order valence-corrected chi connectivity index (χ3v) is 5.94. The molecule has 0 saturated carbocycles. The normalized spacial score (nSPS) is 27.2. The van der Waals surface area contributed by atoms with Crippen molar-refractivity contribution < 1.29 is 4.79 Å². The van der Waals surface area contributed by atoms with Gasteiger partial charge in [-0.25, -0.2) is 0 Å². The Bertz CT molecular complexity index is 578. The minimum atomic E-state index is 0.146. The first-order valence-electron chi connectivity index (χ1n) is 9.75. The van der Waals surface area contributed by atoms with Gasteiger partial charge in [-0.3, -0.25) is 4.79 Å². The van der Waals surface area contributed by atoms with Crippen molar-refractivity contribution >= 4 is 5.91 Å². The fourth-order valence-corrected chi connectivity index (χ4v) is 4.51. The fourth-order valence-electron chi connectivity index (χ4n) is 4.51. The second-order valence-corrected chi connectivity index (χ2v) is 7.58. The molecule has 4 heterocycles. The Morgan fingerprint density at radius 1 is 1.12 bits per heavy atom. The Labute approximate surface area is 144 Å². The first kappa shape index (κ1) is 16.1. The fraction of sp³-hybridized carbons (Fsp3) is 0.833. The number of aromatic nitrogens is 3. The van der Waals surface area contributed by atoms with Gasteiger partial charge >= 0.3 is 0 Å². The van der Waals surface area contributed by atoms with Gasteiger partial charge in [0.1, 0.15) is 5.82 Å². The van der Waals surface area contributed by atoms with Crippen molar-refractivity contribution in [2.45, 2.75) is 70.4 Å². The van der Waals surface area contributed by atoms with Crippen molar-refractivity contribution in [1.82, 2.24) is 25.0 Å². The van der Waals surface area contributed by atoms with Crippen LogP contribution in [0.15, 0.2) is 0 Å². The van der Waals surface area contributed by atoms with Gasteiger partial charge in [0, 0.05) is 25.9 Å². The highest BCUT2D eigenvalue weighted by Gasteiger charge is 2.33. The quantitative estimate of drug-likeness (QED) is 0.917. The van der Waals surface area contributed by atoms with Crippen molar-refractivity contribution in [1.29, 1.82) is 0 Å². The van der Waals surface area contributed by atoms with Crippen molar-refractivity contribution in [3.63, 3.8) is 0 Å². The lowest BCUT2D eigenvalue weighted by atomic mass is 9.98. The molecule has 2 fully saturated rings. The highest BCUT2D eigenvalue weighted by Crippen LogP contribution is 2.32. The van der Waals surface area contributed by atoms with Gasteiger partial charge in [-0.05, 0) is 64.0 Å². The van der Waals surface area contributed by atoms with E-state index in [0.29, 0.717) is 18.2 Å². The van der Waals surface area contributed by atoms with Crippen LogP contribution in [0.1, 0.15) is 69.1 Å². The molecule has 0 aromatic carbocycles. The molecule has 2 saturated heterocycles. The van der Waals surface area contributed by atoms with Crippen LogP contribution < -0.4 is 5.32 Å². The molecule has 2 unspecified atom stereocenters. The van der Waals surface area contributed by atoms with Crippen LogP contribution in [0.25, 0.3) is 0 Å². The summed E-state index contributed by atoms with van der Waals surface area (Å²) in [6.07, 6.45) is 9.70. The summed E-state index contributed by atoms with van der Waals surface area (Å²) in [4.78, 5) is 15.0. The maximum atomic E-state index is 12.9. The second kappa shape index (κ2) is 7.21. The van der Waals surface area contributed by atoms with E-state index in [1.165, 1.54) is 25.7 Å². The van der Waals surface area contributed by atoms with E-state index in [-0.39, 0.29) is 6.04 Å². The van der Waals surface area contributed by atoms with Crippen LogP contribution in [0, 0.1) is 5.92 Å². The molecule has 24 heavy (non-hydrogen) atoms. The predicted molar refractivity (Wildman–Crippen MR) is 91.5 cm³/mol. The lowest BCUT2D eigenvalue weighted by Gasteiger charge is -2.36. The molecule has 0 radical (unpaired) electrons. The zero-order valence-corrected chi connectivity index (χ0v) is 14.5. The second-order valence-electron chi connectivity index (χ2n) is 7.58. The average Bonchev–Trinajstić information content (AvgIpc) is 3.29. The third-order valence-electron chi connectivity index (χ3n) is 5.94. The van der Waals surface area contributed by atoms with Gasteiger partial charge in [0.2, 0.25) is 5.91 Å². The average molecular weight is 331 g/mol. The number of nitrogens with zero attached hydrogens (tertiary/aromatic N) is 4. The van der Waals surface area contributed by atoms with Crippen LogP contribution in [0.4, 0.5) is 0 Å². The number of carbonyl (C=O) groups excluding carboxylic acids is 1. The molecular formula is C18H29N5O. The van der Waals surface area contributed by atoms with Crippen LogP contribution in [-0.4, -0.2) is 45.2 Å². The van der Waals surface area contributed by atoms with Gasteiger partial charge in [0.15, 0.2) is 5.82 Å². The number of hydrogen-bond acceptors (Lipinski definition) is 4. The van der Waals surface area contributed by atoms with Gasteiger partial charge in [-0.2, -0.15) is 0 Å². The van der Waals surface area contributed by atoms with Crippen LogP contribution in [0.2, 0.25) is 0 Å². The molecule has 1 aromatic heterocycles. The van der Waals surface area contributed by atoms with E-state index in [1.807, 2.05) is 0 Å². The molecule has 1 aromatic rings. The van der Waals surface area contributed by atoms with Gasteiger partial charge in [-0.1, -0.05) is 0 Å². The summed E-state index contributed by atoms with van der Waals surface area (Å²) in [7, 11) is 0. The Morgan fingerprint density at radius 2 is 2.04 bits per heavy atom. The first-order chi connectivity index (χ1) is 11.8. The largest absolute Gasteiger partial charge is 0.332 e. The van der Waals surface area contributed by atoms with Crippen LogP contribution in [0.5, 0.6) is 0 Å². The number of nitrogens with one attached hydrogen (secondary N) is 1. The number of piperidine rings is 1. The van der Waals surface area contributed by atoms with Crippen molar-refractivity contribution in [2.24, 2.45) is 5.92 Å². The van der Waals surface area contributed by atoms with E-state index in [9.17, 15) is 4.79 Å². The molecule has 6 heteroatoms. The smallest absolute Gasteiger partial charge is 0.223 e. The Balaban J connectivity index is 1.46. The molecule has 1 amide bonds. The molecule has 4 rings (SSSR count). The van der Waals surface area contributed by atoms with E-state index >= 15 is 0 Å². The number of hydrogen-bond donors (Lipinski definition) is 1. The van der Waals surface area contributed by atoms with Crippen LogP contribution >= 0.6 is 0 Å². The minimum absolute atomic E-state index is 0.146. The molecule has 0 spiro atoms. The number of fused-ring (bicyclic) bond motifs is 1.